The first kappa shape index (κ1) is 15.5. The normalized spacial score (nSPS) is 16.7. The topological polar surface area (TPSA) is 80.0 Å². The van der Waals surface area contributed by atoms with E-state index in [-0.39, 0.29) is 18.1 Å². The van der Waals surface area contributed by atoms with Crippen molar-refractivity contribution in [1.29, 1.82) is 0 Å². The highest BCUT2D eigenvalue weighted by molar-refractivity contribution is 5.74. The number of hydrogen-bond acceptors (Lipinski definition) is 4. The molecule has 1 aromatic heterocycles. The van der Waals surface area contributed by atoms with E-state index >= 15 is 0 Å². The van der Waals surface area contributed by atoms with Crippen LogP contribution >= 0.6 is 0 Å². The number of aromatic nitrogens is 2. The van der Waals surface area contributed by atoms with Crippen LogP contribution < -0.4 is 10.6 Å². The molecule has 2 N–H and O–H groups in total. The lowest BCUT2D eigenvalue weighted by molar-refractivity contribution is 0.226. The summed E-state index contributed by atoms with van der Waals surface area (Å²) in [5.41, 5.74) is 0.890. The Hall–Kier alpha value is -2.37. The Morgan fingerprint density at radius 2 is 1.96 bits per heavy atom. The molecule has 2 aromatic rings. The van der Waals surface area contributed by atoms with Crippen molar-refractivity contribution < 1.29 is 9.32 Å². The smallest absolute Gasteiger partial charge is 0.315 e. The monoisotopic (exact) mass is 314 g/mol. The predicted octanol–water partition coefficient (Wildman–Crippen LogP) is 3.43. The molecule has 0 saturated heterocycles. The minimum absolute atomic E-state index is 0.177. The standard InChI is InChI=1S/C17H22N4O2/c1-12(18-17(22)19-14-10-6-3-7-11-14)16-20-15(21-23-16)13-8-4-2-5-9-13/h2,4-5,8-9,12,14H,3,6-7,10-11H2,1H3,(H2,18,19,22). The highest BCUT2D eigenvalue weighted by Gasteiger charge is 2.20. The largest absolute Gasteiger partial charge is 0.337 e. The Bertz CT molecular complexity index is 635. The van der Waals surface area contributed by atoms with E-state index in [0.29, 0.717) is 11.7 Å². The Morgan fingerprint density at radius 1 is 1.22 bits per heavy atom. The number of rotatable bonds is 4. The average Bonchev–Trinajstić information content (AvgIpc) is 3.06. The van der Waals surface area contributed by atoms with Crippen molar-refractivity contribution in [3.63, 3.8) is 0 Å². The van der Waals surface area contributed by atoms with Crippen LogP contribution in [0.1, 0.15) is 51.0 Å². The molecule has 0 spiro atoms. The Balaban J connectivity index is 1.56. The van der Waals surface area contributed by atoms with Gasteiger partial charge in [0.25, 0.3) is 0 Å². The Kier molecular flexibility index (Phi) is 4.90. The van der Waals surface area contributed by atoms with Gasteiger partial charge in [-0.1, -0.05) is 54.8 Å². The average molecular weight is 314 g/mol. The van der Waals surface area contributed by atoms with Crippen LogP contribution in [-0.4, -0.2) is 22.2 Å². The van der Waals surface area contributed by atoms with Crippen LogP contribution in [0.25, 0.3) is 11.4 Å². The summed E-state index contributed by atoms with van der Waals surface area (Å²) in [5.74, 6) is 0.935. The van der Waals surface area contributed by atoms with Crippen molar-refractivity contribution in [2.45, 2.75) is 51.1 Å². The molecule has 1 aromatic carbocycles. The molecule has 1 fully saturated rings. The molecule has 6 nitrogen and oxygen atoms in total. The van der Waals surface area contributed by atoms with Crippen LogP contribution in [0.5, 0.6) is 0 Å². The van der Waals surface area contributed by atoms with Crippen molar-refractivity contribution in [2.75, 3.05) is 0 Å². The third kappa shape index (κ3) is 4.09. The maximum atomic E-state index is 12.1. The summed E-state index contributed by atoms with van der Waals surface area (Å²) in [5, 5.41) is 9.85. The molecule has 6 heteroatoms. The Labute approximate surface area is 135 Å². The van der Waals surface area contributed by atoms with Crippen LogP contribution in [-0.2, 0) is 0 Å². The second kappa shape index (κ2) is 7.26. The third-order valence-electron chi connectivity index (χ3n) is 4.13. The molecule has 1 atom stereocenters. The molecular weight excluding hydrogens is 292 g/mol. The van der Waals surface area contributed by atoms with Gasteiger partial charge in [-0.2, -0.15) is 4.98 Å². The molecule has 2 amide bonds. The van der Waals surface area contributed by atoms with Gasteiger partial charge in [-0.3, -0.25) is 0 Å². The summed E-state index contributed by atoms with van der Waals surface area (Å²) in [6, 6.07) is 9.39. The number of nitrogens with one attached hydrogen (secondary N) is 2. The molecule has 23 heavy (non-hydrogen) atoms. The third-order valence-corrected chi connectivity index (χ3v) is 4.13. The zero-order valence-electron chi connectivity index (χ0n) is 13.3. The van der Waals surface area contributed by atoms with Crippen LogP contribution in [0.2, 0.25) is 0 Å². The fourth-order valence-electron chi connectivity index (χ4n) is 2.85. The van der Waals surface area contributed by atoms with Crippen molar-refractivity contribution in [1.82, 2.24) is 20.8 Å². The number of benzene rings is 1. The first-order valence-corrected chi connectivity index (χ1v) is 8.18. The van der Waals surface area contributed by atoms with Crippen LogP contribution in [0, 0.1) is 0 Å². The fraction of sp³-hybridized carbons (Fsp3) is 0.471. The summed E-state index contributed by atoms with van der Waals surface area (Å²) >= 11 is 0. The molecule has 0 aliphatic heterocycles. The van der Waals surface area contributed by atoms with Crippen molar-refractivity contribution in [2.24, 2.45) is 0 Å². The van der Waals surface area contributed by atoms with Gasteiger partial charge in [-0.25, -0.2) is 4.79 Å². The number of carbonyl (C=O) groups excluding carboxylic acids is 1. The summed E-state index contributed by atoms with van der Waals surface area (Å²) in [7, 11) is 0. The Morgan fingerprint density at radius 3 is 2.70 bits per heavy atom. The summed E-state index contributed by atoms with van der Waals surface area (Å²) in [4.78, 5) is 16.4. The lowest BCUT2D eigenvalue weighted by atomic mass is 9.96. The van der Waals surface area contributed by atoms with Crippen LogP contribution in [0.4, 0.5) is 4.79 Å². The van der Waals surface area contributed by atoms with E-state index in [2.05, 4.69) is 20.8 Å². The van der Waals surface area contributed by atoms with E-state index in [1.54, 1.807) is 0 Å². The van der Waals surface area contributed by atoms with Gasteiger partial charge < -0.3 is 15.2 Å². The minimum atomic E-state index is -0.330. The van der Waals surface area contributed by atoms with Gasteiger partial charge in [0.15, 0.2) is 0 Å². The SMILES string of the molecule is CC(NC(=O)NC1CCCCC1)c1nc(-c2ccccc2)no1. The molecule has 122 valence electrons. The van der Waals surface area contributed by atoms with Gasteiger partial charge in [-0.15, -0.1) is 0 Å². The first-order valence-electron chi connectivity index (χ1n) is 8.18. The van der Waals surface area contributed by atoms with E-state index in [0.717, 1.165) is 18.4 Å². The van der Waals surface area contributed by atoms with Gasteiger partial charge in [0.1, 0.15) is 6.04 Å². The highest BCUT2D eigenvalue weighted by atomic mass is 16.5. The maximum absolute atomic E-state index is 12.1. The van der Waals surface area contributed by atoms with Gasteiger partial charge in [-0.05, 0) is 19.8 Å². The zero-order valence-corrected chi connectivity index (χ0v) is 13.3. The molecular formula is C17H22N4O2. The van der Waals surface area contributed by atoms with Gasteiger partial charge >= 0.3 is 6.03 Å². The number of nitrogens with zero attached hydrogens (tertiary/aromatic N) is 2. The molecule has 0 bridgehead atoms. The number of hydrogen-bond donors (Lipinski definition) is 2. The first-order chi connectivity index (χ1) is 11.2. The number of urea groups is 1. The lowest BCUT2D eigenvalue weighted by Crippen LogP contribution is -2.43. The lowest BCUT2D eigenvalue weighted by Gasteiger charge is -2.23. The second-order valence-corrected chi connectivity index (χ2v) is 6.00. The number of amides is 2. The van der Waals surface area contributed by atoms with E-state index < -0.39 is 0 Å². The van der Waals surface area contributed by atoms with E-state index in [9.17, 15) is 4.79 Å². The molecule has 0 radical (unpaired) electrons. The summed E-state index contributed by atoms with van der Waals surface area (Å²) < 4.78 is 5.27. The summed E-state index contributed by atoms with van der Waals surface area (Å²) in [6.45, 7) is 1.84. The number of carbonyl (C=O) groups is 1. The molecule has 1 unspecified atom stereocenters. The minimum Gasteiger partial charge on any atom is -0.337 e. The summed E-state index contributed by atoms with van der Waals surface area (Å²) in [6.07, 6.45) is 5.75. The van der Waals surface area contributed by atoms with Crippen molar-refractivity contribution in [3.05, 3.63) is 36.2 Å². The molecule has 1 aliphatic rings. The van der Waals surface area contributed by atoms with E-state index in [4.69, 9.17) is 4.52 Å². The molecule has 1 saturated carbocycles. The fourth-order valence-corrected chi connectivity index (χ4v) is 2.85. The van der Waals surface area contributed by atoms with Gasteiger partial charge in [0, 0.05) is 11.6 Å². The second-order valence-electron chi connectivity index (χ2n) is 6.00. The predicted molar refractivity (Wildman–Crippen MR) is 86.7 cm³/mol. The zero-order chi connectivity index (χ0) is 16.1. The van der Waals surface area contributed by atoms with Crippen molar-refractivity contribution in [3.8, 4) is 11.4 Å². The van der Waals surface area contributed by atoms with Crippen LogP contribution in [0.15, 0.2) is 34.9 Å². The molecule has 1 heterocycles. The molecule has 3 rings (SSSR count). The van der Waals surface area contributed by atoms with E-state index in [1.165, 1.54) is 19.3 Å². The highest BCUT2D eigenvalue weighted by Crippen LogP contribution is 2.19. The van der Waals surface area contributed by atoms with Crippen LogP contribution in [0.3, 0.4) is 0 Å². The molecule has 1 aliphatic carbocycles. The quantitative estimate of drug-likeness (QED) is 0.906. The van der Waals surface area contributed by atoms with Gasteiger partial charge in [0.2, 0.25) is 11.7 Å². The maximum Gasteiger partial charge on any atom is 0.315 e. The van der Waals surface area contributed by atoms with E-state index in [1.807, 2.05) is 37.3 Å². The van der Waals surface area contributed by atoms with Crippen molar-refractivity contribution >= 4 is 6.03 Å². The van der Waals surface area contributed by atoms with Gasteiger partial charge in [0.05, 0.1) is 0 Å².